The third-order valence-electron chi connectivity index (χ3n) is 2.18. The van der Waals surface area contributed by atoms with Gasteiger partial charge < -0.3 is 14.6 Å². The highest BCUT2D eigenvalue weighted by atomic mass is 16.5. The quantitative estimate of drug-likeness (QED) is 0.701. The number of fused-ring (bicyclic) bond motifs is 1. The third kappa shape index (κ3) is 1.73. The summed E-state index contributed by atoms with van der Waals surface area (Å²) in [6.07, 6.45) is 7.08. The van der Waals surface area contributed by atoms with Gasteiger partial charge in [0.1, 0.15) is 5.76 Å². The Morgan fingerprint density at radius 1 is 1.64 bits per heavy atom. The van der Waals surface area contributed by atoms with Crippen LogP contribution in [0.2, 0.25) is 0 Å². The number of hydrogen-bond donors (Lipinski definition) is 1. The van der Waals surface area contributed by atoms with Crippen molar-refractivity contribution < 1.29 is 9.26 Å². The Hall–Kier alpha value is -1.47. The van der Waals surface area contributed by atoms with Crippen LogP contribution < -0.4 is 10.1 Å². The van der Waals surface area contributed by atoms with Crippen LogP contribution in [0.15, 0.2) is 4.52 Å². The van der Waals surface area contributed by atoms with Crippen LogP contribution in [0, 0.1) is 12.3 Å². The molecule has 0 atom stereocenters. The van der Waals surface area contributed by atoms with Gasteiger partial charge in [-0.1, -0.05) is 5.92 Å². The Morgan fingerprint density at radius 3 is 3.43 bits per heavy atom. The van der Waals surface area contributed by atoms with Crippen LogP contribution in [0.25, 0.3) is 0 Å². The highest BCUT2D eigenvalue weighted by Crippen LogP contribution is 2.23. The average Bonchev–Trinajstić information content (AvgIpc) is 2.45. The van der Waals surface area contributed by atoms with Gasteiger partial charge in [-0.25, -0.2) is 0 Å². The lowest BCUT2D eigenvalue weighted by molar-refractivity contribution is 0.304. The highest BCUT2D eigenvalue weighted by molar-refractivity contribution is 5.29. The molecule has 0 unspecified atom stereocenters. The number of aromatic nitrogens is 1. The second kappa shape index (κ2) is 4.16. The van der Waals surface area contributed by atoms with Gasteiger partial charge in [-0.15, -0.1) is 6.42 Å². The van der Waals surface area contributed by atoms with E-state index in [1.54, 1.807) is 0 Å². The largest absolute Gasteiger partial charge is 0.462 e. The standard InChI is InChI=1S/C10H12N2O2/c1-2-6-13-10-8-7-11-5-3-4-9(8)14-12-10/h1,11H,3-7H2. The van der Waals surface area contributed by atoms with Gasteiger partial charge >= 0.3 is 0 Å². The molecule has 0 amide bonds. The van der Waals surface area contributed by atoms with Crippen LogP contribution in [0.5, 0.6) is 5.88 Å². The van der Waals surface area contributed by atoms with Crippen LogP contribution >= 0.6 is 0 Å². The maximum Gasteiger partial charge on any atom is 0.259 e. The monoisotopic (exact) mass is 192 g/mol. The number of nitrogens with one attached hydrogen (secondary N) is 1. The van der Waals surface area contributed by atoms with E-state index in [2.05, 4.69) is 16.4 Å². The van der Waals surface area contributed by atoms with Crippen molar-refractivity contribution in [1.82, 2.24) is 10.5 Å². The predicted molar refractivity (Wildman–Crippen MR) is 50.9 cm³/mol. The van der Waals surface area contributed by atoms with Gasteiger partial charge in [-0.3, -0.25) is 0 Å². The fourth-order valence-electron chi connectivity index (χ4n) is 1.51. The Kier molecular flexibility index (Phi) is 2.70. The van der Waals surface area contributed by atoms with E-state index in [0.29, 0.717) is 5.88 Å². The summed E-state index contributed by atoms with van der Waals surface area (Å²) < 4.78 is 10.4. The lowest BCUT2D eigenvalue weighted by Crippen LogP contribution is -2.12. The van der Waals surface area contributed by atoms with E-state index >= 15 is 0 Å². The number of aryl methyl sites for hydroxylation is 1. The zero-order valence-corrected chi connectivity index (χ0v) is 7.88. The first-order chi connectivity index (χ1) is 6.92. The number of hydrogen-bond acceptors (Lipinski definition) is 4. The van der Waals surface area contributed by atoms with E-state index in [-0.39, 0.29) is 6.61 Å². The van der Waals surface area contributed by atoms with Crippen LogP contribution in [0.3, 0.4) is 0 Å². The Labute approximate surface area is 82.6 Å². The molecule has 4 nitrogen and oxygen atoms in total. The number of nitrogens with zero attached hydrogens (tertiary/aromatic N) is 1. The molecule has 1 N–H and O–H groups in total. The van der Waals surface area contributed by atoms with E-state index < -0.39 is 0 Å². The van der Waals surface area contributed by atoms with Crippen molar-refractivity contribution in [3.63, 3.8) is 0 Å². The summed E-state index contributed by atoms with van der Waals surface area (Å²) in [6, 6.07) is 0. The van der Waals surface area contributed by atoms with Crippen LogP contribution in [-0.4, -0.2) is 18.3 Å². The normalized spacial score (nSPS) is 15.4. The van der Waals surface area contributed by atoms with Crippen molar-refractivity contribution in [2.24, 2.45) is 0 Å². The SMILES string of the molecule is C#CCOc1noc2c1CNCCC2. The van der Waals surface area contributed by atoms with E-state index in [0.717, 1.165) is 37.3 Å². The highest BCUT2D eigenvalue weighted by Gasteiger charge is 2.18. The second-order valence-corrected chi connectivity index (χ2v) is 3.16. The first-order valence-electron chi connectivity index (χ1n) is 4.66. The number of rotatable bonds is 2. The predicted octanol–water partition coefficient (Wildman–Crippen LogP) is 0.722. The molecule has 2 heterocycles. The molecular weight excluding hydrogens is 180 g/mol. The molecule has 0 fully saturated rings. The molecule has 1 aromatic rings. The summed E-state index contributed by atoms with van der Waals surface area (Å²) >= 11 is 0. The molecule has 14 heavy (non-hydrogen) atoms. The molecule has 74 valence electrons. The number of ether oxygens (including phenoxy) is 1. The van der Waals surface area contributed by atoms with Gasteiger partial charge in [0.15, 0.2) is 6.61 Å². The fourth-order valence-corrected chi connectivity index (χ4v) is 1.51. The molecule has 0 saturated carbocycles. The smallest absolute Gasteiger partial charge is 0.259 e. The summed E-state index contributed by atoms with van der Waals surface area (Å²) in [5.74, 6) is 3.86. The van der Waals surface area contributed by atoms with Crippen LogP contribution in [0.1, 0.15) is 17.7 Å². The molecule has 2 rings (SSSR count). The minimum atomic E-state index is 0.235. The van der Waals surface area contributed by atoms with E-state index in [1.165, 1.54) is 0 Å². The van der Waals surface area contributed by atoms with E-state index in [4.69, 9.17) is 15.7 Å². The van der Waals surface area contributed by atoms with Gasteiger partial charge in [0.05, 0.1) is 5.56 Å². The lowest BCUT2D eigenvalue weighted by atomic mass is 10.2. The molecule has 4 heteroatoms. The Balaban J connectivity index is 2.17. The zero-order chi connectivity index (χ0) is 9.80. The molecule has 0 aliphatic carbocycles. The lowest BCUT2D eigenvalue weighted by Gasteiger charge is -2.00. The third-order valence-corrected chi connectivity index (χ3v) is 2.18. The topological polar surface area (TPSA) is 47.3 Å². The molecule has 0 bridgehead atoms. The van der Waals surface area contributed by atoms with Gasteiger partial charge in [-0.2, -0.15) is 0 Å². The summed E-state index contributed by atoms with van der Waals surface area (Å²) in [6.45, 7) is 1.98. The van der Waals surface area contributed by atoms with Crippen LogP contribution in [0.4, 0.5) is 0 Å². The van der Waals surface area contributed by atoms with Crippen molar-refractivity contribution >= 4 is 0 Å². The minimum Gasteiger partial charge on any atom is -0.462 e. The summed E-state index contributed by atoms with van der Waals surface area (Å²) in [5.41, 5.74) is 1.01. The molecule has 1 aliphatic rings. The zero-order valence-electron chi connectivity index (χ0n) is 7.88. The molecular formula is C10H12N2O2. The van der Waals surface area contributed by atoms with Crippen molar-refractivity contribution in [2.45, 2.75) is 19.4 Å². The van der Waals surface area contributed by atoms with Gasteiger partial charge in [0, 0.05) is 13.0 Å². The first-order valence-corrected chi connectivity index (χ1v) is 4.66. The summed E-state index contributed by atoms with van der Waals surface area (Å²) in [5, 5.41) is 7.12. The van der Waals surface area contributed by atoms with Crippen LogP contribution in [-0.2, 0) is 13.0 Å². The molecule has 0 radical (unpaired) electrons. The molecule has 0 spiro atoms. The van der Waals surface area contributed by atoms with Gasteiger partial charge in [0.2, 0.25) is 0 Å². The Bertz CT molecular complexity index is 351. The van der Waals surface area contributed by atoms with Gasteiger partial charge in [-0.05, 0) is 18.1 Å². The van der Waals surface area contributed by atoms with Crippen molar-refractivity contribution in [2.75, 3.05) is 13.2 Å². The summed E-state index contributed by atoms with van der Waals surface area (Å²) in [4.78, 5) is 0. The van der Waals surface area contributed by atoms with Crippen molar-refractivity contribution in [1.29, 1.82) is 0 Å². The maximum absolute atomic E-state index is 5.27. The molecule has 1 aromatic heterocycles. The minimum absolute atomic E-state index is 0.235. The van der Waals surface area contributed by atoms with E-state index in [1.807, 2.05) is 0 Å². The van der Waals surface area contributed by atoms with Crippen molar-refractivity contribution in [3.05, 3.63) is 11.3 Å². The maximum atomic E-state index is 5.27. The molecule has 0 aromatic carbocycles. The van der Waals surface area contributed by atoms with Crippen molar-refractivity contribution in [3.8, 4) is 18.2 Å². The van der Waals surface area contributed by atoms with Gasteiger partial charge in [0.25, 0.3) is 5.88 Å². The summed E-state index contributed by atoms with van der Waals surface area (Å²) in [7, 11) is 0. The average molecular weight is 192 g/mol. The first kappa shape index (κ1) is 9.10. The van der Waals surface area contributed by atoms with E-state index in [9.17, 15) is 0 Å². The Morgan fingerprint density at radius 2 is 2.57 bits per heavy atom. The molecule has 1 aliphatic heterocycles. The second-order valence-electron chi connectivity index (χ2n) is 3.16. The fraction of sp³-hybridized carbons (Fsp3) is 0.500. The number of terminal acetylenes is 1. The molecule has 0 saturated heterocycles.